The van der Waals surface area contributed by atoms with Gasteiger partial charge in [0.1, 0.15) is 23.2 Å². The number of nitrogen functional groups attached to an aromatic ring is 3. The molecule has 6 N–H and O–H groups in total. The molecule has 3 aromatic carbocycles. The average Bonchev–Trinajstić information content (AvgIpc) is 3.67. The van der Waals surface area contributed by atoms with Crippen LogP contribution in [0.5, 0.6) is 0 Å². The Kier molecular flexibility index (Phi) is 11.2. The van der Waals surface area contributed by atoms with Crippen molar-refractivity contribution >= 4 is 44.9 Å². The van der Waals surface area contributed by atoms with Crippen molar-refractivity contribution in [3.63, 3.8) is 0 Å². The van der Waals surface area contributed by atoms with Gasteiger partial charge in [-0.2, -0.15) is 19.6 Å². The van der Waals surface area contributed by atoms with Crippen LogP contribution in [0.4, 0.5) is 30.5 Å². The molecule has 0 amide bonds. The number of halogens is 4. The number of furan rings is 1. The van der Waals surface area contributed by atoms with Crippen LogP contribution in [-0.2, 0) is 16.5 Å². The monoisotopic (exact) mass is 709 g/mol. The second-order valence-corrected chi connectivity index (χ2v) is 10.8. The fourth-order valence-corrected chi connectivity index (χ4v) is 4.52. The number of rotatable bonds is 5. The van der Waals surface area contributed by atoms with Gasteiger partial charge in [-0.15, -0.1) is 0 Å². The lowest BCUT2D eigenvalue weighted by Crippen LogP contribution is -2.05. The van der Waals surface area contributed by atoms with Crippen LogP contribution >= 0.6 is 15.9 Å². The minimum Gasteiger partial charge on any atom is -0.465 e. The third-order valence-corrected chi connectivity index (χ3v) is 7.34. The number of carbonyl (C=O) groups excluding carboxylic acids is 1. The van der Waals surface area contributed by atoms with Gasteiger partial charge in [0.2, 0.25) is 11.8 Å². The molecule has 10 nitrogen and oxygen atoms in total. The van der Waals surface area contributed by atoms with Crippen LogP contribution in [0.3, 0.4) is 0 Å². The number of alkyl halides is 1. The summed E-state index contributed by atoms with van der Waals surface area (Å²) in [6.07, 6.45) is 2.10. The summed E-state index contributed by atoms with van der Waals surface area (Å²) >= 11 is 3.25. The van der Waals surface area contributed by atoms with Gasteiger partial charge in [0.05, 0.1) is 30.2 Å². The fourth-order valence-electron chi connectivity index (χ4n) is 4.17. The topological polar surface area (TPSA) is 161 Å². The van der Waals surface area contributed by atoms with Crippen molar-refractivity contribution in [3.8, 4) is 11.6 Å². The van der Waals surface area contributed by atoms with E-state index in [0.717, 1.165) is 28.5 Å². The Bertz CT molecular complexity index is 2030. The lowest BCUT2D eigenvalue weighted by atomic mass is 10.1. The van der Waals surface area contributed by atoms with E-state index >= 15 is 0 Å². The van der Waals surface area contributed by atoms with Gasteiger partial charge in [-0.3, -0.25) is 0 Å². The lowest BCUT2D eigenvalue weighted by molar-refractivity contribution is 0.0600. The summed E-state index contributed by atoms with van der Waals surface area (Å²) in [7, 11) is 1.23. The molecule has 0 atom stereocenters. The molecular weight excluding hydrogens is 679 g/mol. The Morgan fingerprint density at radius 1 is 0.872 bits per heavy atom. The SMILES string of the molecule is COC(=O)c1ccc(N)c(F)c1.Cc1ccc(-c2nc(N)nc3c(Cc4ccc(N)c(F)c4)cnn23)o1.Cc1ccc(CBr)cc1F. The molecular formula is C33H31BrF3N7O3. The van der Waals surface area contributed by atoms with Gasteiger partial charge >= 0.3 is 5.97 Å². The molecule has 0 spiro atoms. The van der Waals surface area contributed by atoms with E-state index in [1.807, 2.05) is 19.1 Å². The van der Waals surface area contributed by atoms with Crippen LogP contribution in [0.2, 0.25) is 0 Å². The quantitative estimate of drug-likeness (QED) is 0.0992. The van der Waals surface area contributed by atoms with E-state index in [9.17, 15) is 18.0 Å². The smallest absolute Gasteiger partial charge is 0.337 e. The number of fused-ring (bicyclic) bond motifs is 1. The van der Waals surface area contributed by atoms with Crippen molar-refractivity contribution < 1.29 is 27.1 Å². The number of hydrogen-bond acceptors (Lipinski definition) is 9. The number of hydrogen-bond donors (Lipinski definition) is 3. The molecule has 0 bridgehead atoms. The van der Waals surface area contributed by atoms with Crippen molar-refractivity contribution in [2.75, 3.05) is 24.3 Å². The summed E-state index contributed by atoms with van der Waals surface area (Å²) in [6, 6.07) is 17.4. The van der Waals surface area contributed by atoms with Crippen molar-refractivity contribution in [3.05, 3.63) is 124 Å². The number of carbonyl (C=O) groups is 1. The minimum atomic E-state index is -0.613. The van der Waals surface area contributed by atoms with Crippen LogP contribution < -0.4 is 17.2 Å². The third kappa shape index (κ3) is 8.67. The largest absolute Gasteiger partial charge is 0.465 e. The van der Waals surface area contributed by atoms with Crippen molar-refractivity contribution in [1.82, 2.24) is 19.6 Å². The first-order valence-corrected chi connectivity index (χ1v) is 15.1. The molecule has 6 aromatic rings. The zero-order valence-corrected chi connectivity index (χ0v) is 27.2. The predicted octanol–water partition coefficient (Wildman–Crippen LogP) is 6.81. The van der Waals surface area contributed by atoms with Crippen molar-refractivity contribution in [2.24, 2.45) is 0 Å². The van der Waals surface area contributed by atoms with Crippen LogP contribution in [0, 0.1) is 31.3 Å². The van der Waals surface area contributed by atoms with Gasteiger partial charge in [0, 0.05) is 17.3 Å². The number of anilines is 3. The van der Waals surface area contributed by atoms with Crippen LogP contribution in [0.15, 0.2) is 77.3 Å². The molecule has 0 radical (unpaired) electrons. The number of aryl methyl sites for hydroxylation is 2. The molecule has 0 aliphatic carbocycles. The Hall–Kier alpha value is -5.37. The summed E-state index contributed by atoms with van der Waals surface area (Å²) in [4.78, 5) is 19.3. The highest BCUT2D eigenvalue weighted by atomic mass is 79.9. The standard InChI is InChI=1S/C17H15FN6O.C8H8BrF.C8H8FNO2/c1-9-2-5-14(25-9)16-23-17(20)22-15-11(8-21-24(15)16)6-10-3-4-13(19)12(18)7-10;1-6-2-3-7(5-9)4-8(6)10;1-12-8(11)5-2-3-7(10)6(9)4-5/h2-5,7-8H,6,19H2,1H3,(H2,20,22);2-4H,5H2,1H3;2-4H,10H2,1H3. The average molecular weight is 711 g/mol. The van der Waals surface area contributed by atoms with E-state index in [4.69, 9.17) is 21.6 Å². The molecule has 0 saturated carbocycles. The zero-order valence-electron chi connectivity index (χ0n) is 25.6. The molecule has 0 saturated heterocycles. The number of methoxy groups -OCH3 is 1. The maximum Gasteiger partial charge on any atom is 0.337 e. The molecule has 0 aliphatic rings. The Labute approximate surface area is 276 Å². The van der Waals surface area contributed by atoms with E-state index in [0.29, 0.717) is 34.5 Å². The van der Waals surface area contributed by atoms with Gasteiger partial charge in [0.15, 0.2) is 11.4 Å². The highest BCUT2D eigenvalue weighted by Crippen LogP contribution is 2.24. The summed E-state index contributed by atoms with van der Waals surface area (Å²) in [5.41, 5.74) is 20.6. The summed E-state index contributed by atoms with van der Waals surface area (Å²) in [5, 5.41) is 5.05. The molecule has 0 unspecified atom stereocenters. The molecule has 3 heterocycles. The molecule has 0 aliphatic heterocycles. The third-order valence-electron chi connectivity index (χ3n) is 6.69. The second-order valence-electron chi connectivity index (χ2n) is 10.2. The molecule has 244 valence electrons. The minimum absolute atomic E-state index is 0.0163. The van der Waals surface area contributed by atoms with E-state index in [1.165, 1.54) is 31.4 Å². The zero-order chi connectivity index (χ0) is 34.2. The molecule has 14 heteroatoms. The second kappa shape index (κ2) is 15.3. The highest BCUT2D eigenvalue weighted by Gasteiger charge is 2.16. The van der Waals surface area contributed by atoms with E-state index in [1.54, 1.807) is 41.9 Å². The number of aromatic nitrogens is 4. The first-order valence-electron chi connectivity index (χ1n) is 13.9. The maximum atomic E-state index is 13.7. The number of nitrogens with zero attached hydrogens (tertiary/aromatic N) is 4. The van der Waals surface area contributed by atoms with Crippen molar-refractivity contribution in [2.45, 2.75) is 25.6 Å². The Morgan fingerprint density at radius 3 is 2.13 bits per heavy atom. The van der Waals surface area contributed by atoms with Crippen LogP contribution in [-0.4, -0.2) is 32.7 Å². The number of ether oxygens (including phenoxy) is 1. The first kappa shape index (κ1) is 34.5. The van der Waals surface area contributed by atoms with Crippen molar-refractivity contribution in [1.29, 1.82) is 0 Å². The van der Waals surface area contributed by atoms with Gasteiger partial charge < -0.3 is 26.4 Å². The van der Waals surface area contributed by atoms with Gasteiger partial charge in [-0.05, 0) is 79.1 Å². The summed E-state index contributed by atoms with van der Waals surface area (Å²) in [5.74, 6) is 0.112. The van der Waals surface area contributed by atoms with Gasteiger partial charge in [-0.25, -0.2) is 18.0 Å². The fraction of sp³-hybridized carbons (Fsp3) is 0.152. The lowest BCUT2D eigenvalue weighted by Gasteiger charge is -2.04. The number of esters is 1. The number of nitrogens with two attached hydrogens (primary N) is 3. The number of benzene rings is 3. The van der Waals surface area contributed by atoms with Crippen LogP contribution in [0.1, 0.15) is 38.4 Å². The first-order chi connectivity index (χ1) is 22.4. The predicted molar refractivity (Wildman–Crippen MR) is 177 cm³/mol. The van der Waals surface area contributed by atoms with Gasteiger partial charge in [0.25, 0.3) is 0 Å². The molecule has 3 aromatic heterocycles. The maximum absolute atomic E-state index is 13.7. The Balaban J connectivity index is 0.000000189. The molecule has 6 rings (SSSR count). The normalized spacial score (nSPS) is 10.5. The highest BCUT2D eigenvalue weighted by molar-refractivity contribution is 9.08. The molecule has 47 heavy (non-hydrogen) atoms. The Morgan fingerprint density at radius 2 is 1.53 bits per heavy atom. The van der Waals surface area contributed by atoms with Crippen LogP contribution in [0.25, 0.3) is 17.2 Å². The van der Waals surface area contributed by atoms with E-state index in [2.05, 4.69) is 35.7 Å². The summed E-state index contributed by atoms with van der Waals surface area (Å²) in [6.45, 7) is 3.60. The molecule has 0 fully saturated rings. The summed E-state index contributed by atoms with van der Waals surface area (Å²) < 4.78 is 50.7. The van der Waals surface area contributed by atoms with E-state index in [-0.39, 0.29) is 28.7 Å². The van der Waals surface area contributed by atoms with Gasteiger partial charge in [-0.1, -0.05) is 34.1 Å². The van der Waals surface area contributed by atoms with E-state index < -0.39 is 17.6 Å².